The molecule has 36 heavy (non-hydrogen) atoms. The molecule has 1 amide bonds. The molecule has 1 saturated carbocycles. The van der Waals surface area contributed by atoms with Gasteiger partial charge in [0.15, 0.2) is 13.2 Å². The third-order valence-electron chi connectivity index (χ3n) is 6.29. The number of aryl methyl sites for hydroxylation is 1. The number of carbonyl (C=O) groups excluding carboxylic acids is 2. The molecule has 0 N–H and O–H groups in total. The van der Waals surface area contributed by atoms with Crippen molar-refractivity contribution in [3.63, 3.8) is 0 Å². The average molecular weight is 509 g/mol. The van der Waals surface area contributed by atoms with Crippen molar-refractivity contribution in [1.82, 2.24) is 5.01 Å². The molecule has 0 bridgehead atoms. The van der Waals surface area contributed by atoms with Crippen LogP contribution < -0.4 is 4.74 Å². The number of halogens is 1. The highest BCUT2D eigenvalue weighted by Gasteiger charge is 2.45. The molecule has 2 aliphatic rings. The lowest BCUT2D eigenvalue weighted by Crippen LogP contribution is -2.34. The number of allylic oxidation sites excluding steroid dienone is 1. The smallest absolute Gasteiger partial charge is 0.344 e. The summed E-state index contributed by atoms with van der Waals surface area (Å²) in [5, 5.41) is 6.69. The van der Waals surface area contributed by atoms with E-state index in [0.29, 0.717) is 16.5 Å². The van der Waals surface area contributed by atoms with E-state index < -0.39 is 24.5 Å². The zero-order valence-electron chi connectivity index (χ0n) is 19.7. The second-order valence-electron chi connectivity index (χ2n) is 8.73. The predicted molar refractivity (Wildman–Crippen MR) is 132 cm³/mol. The molecule has 2 aromatic heterocycles. The van der Waals surface area contributed by atoms with Gasteiger partial charge in [0, 0.05) is 10.9 Å². The fourth-order valence-corrected chi connectivity index (χ4v) is 4.71. The van der Waals surface area contributed by atoms with Gasteiger partial charge in [-0.25, -0.2) is 9.80 Å². The molecule has 0 spiro atoms. The minimum absolute atomic E-state index is 0.0257. The topological polar surface area (TPSA) is 94.5 Å². The van der Waals surface area contributed by atoms with Crippen molar-refractivity contribution in [2.24, 2.45) is 11.0 Å². The van der Waals surface area contributed by atoms with Gasteiger partial charge >= 0.3 is 5.97 Å². The Morgan fingerprint density at radius 1 is 1.17 bits per heavy atom. The summed E-state index contributed by atoms with van der Waals surface area (Å²) in [5.41, 5.74) is 2.69. The molecule has 1 aliphatic carbocycles. The zero-order chi connectivity index (χ0) is 25.1. The van der Waals surface area contributed by atoms with E-state index in [0.717, 1.165) is 41.9 Å². The summed E-state index contributed by atoms with van der Waals surface area (Å²) in [4.78, 5) is 25.4. The maximum Gasteiger partial charge on any atom is 0.344 e. The molecule has 5 rings (SSSR count). The number of amides is 1. The number of esters is 1. The Kier molecular flexibility index (Phi) is 6.95. The molecule has 8 nitrogen and oxygen atoms in total. The van der Waals surface area contributed by atoms with Gasteiger partial charge in [-0.3, -0.25) is 4.79 Å². The lowest BCUT2D eigenvalue weighted by molar-refractivity contribution is -0.154. The first-order valence-corrected chi connectivity index (χ1v) is 12.1. The summed E-state index contributed by atoms with van der Waals surface area (Å²) < 4.78 is 21.8. The van der Waals surface area contributed by atoms with Gasteiger partial charge in [-0.2, -0.15) is 5.10 Å². The Bertz CT molecular complexity index is 1300. The molecule has 0 saturated heterocycles. The Morgan fingerprint density at radius 3 is 2.75 bits per heavy atom. The van der Waals surface area contributed by atoms with Crippen molar-refractivity contribution in [2.75, 3.05) is 13.2 Å². The van der Waals surface area contributed by atoms with Crippen LogP contribution >= 0.6 is 11.6 Å². The number of carbonyl (C=O) groups is 2. The van der Waals surface area contributed by atoms with Crippen LogP contribution in [-0.4, -0.2) is 35.8 Å². The number of fused-ring (bicyclic) bond motifs is 1. The molecule has 1 aromatic carbocycles. The lowest BCUT2D eigenvalue weighted by Gasteiger charge is -2.27. The number of rotatable bonds is 7. The van der Waals surface area contributed by atoms with Crippen molar-refractivity contribution in [3.05, 3.63) is 82.7 Å². The molecule has 1 fully saturated rings. The van der Waals surface area contributed by atoms with E-state index in [1.807, 2.05) is 31.2 Å². The van der Waals surface area contributed by atoms with Gasteiger partial charge < -0.3 is 18.3 Å². The van der Waals surface area contributed by atoms with Gasteiger partial charge in [-0.15, -0.1) is 0 Å². The maximum absolute atomic E-state index is 13.2. The first-order valence-electron chi connectivity index (χ1n) is 11.7. The van der Waals surface area contributed by atoms with E-state index >= 15 is 0 Å². The Labute approximate surface area is 213 Å². The van der Waals surface area contributed by atoms with Crippen LogP contribution in [0.5, 0.6) is 5.75 Å². The molecule has 2 unspecified atom stereocenters. The highest BCUT2D eigenvalue weighted by atomic mass is 35.5. The number of hydrazone groups is 1. The number of ether oxygens (including phenoxy) is 2. The second kappa shape index (κ2) is 10.5. The van der Waals surface area contributed by atoms with E-state index in [1.165, 1.54) is 5.01 Å². The first-order chi connectivity index (χ1) is 17.5. The zero-order valence-corrected chi connectivity index (χ0v) is 20.4. The molecule has 3 heterocycles. The van der Waals surface area contributed by atoms with Crippen molar-refractivity contribution < 1.29 is 27.9 Å². The number of hydrogen-bond acceptors (Lipinski definition) is 7. The fraction of sp³-hybridized carbons (Fsp3) is 0.296. The molecule has 9 heteroatoms. The predicted octanol–water partition coefficient (Wildman–Crippen LogP) is 5.58. The molecule has 186 valence electrons. The van der Waals surface area contributed by atoms with Crippen LogP contribution in [0.3, 0.4) is 0 Å². The Balaban J connectivity index is 1.28. The Morgan fingerprint density at radius 2 is 2.00 bits per heavy atom. The average Bonchev–Trinajstić information content (AvgIpc) is 3.64. The normalized spacial score (nSPS) is 20.2. The van der Waals surface area contributed by atoms with Crippen LogP contribution in [0, 0.1) is 12.8 Å². The Hall–Kier alpha value is -3.78. The van der Waals surface area contributed by atoms with E-state index in [9.17, 15) is 9.59 Å². The molecule has 0 radical (unpaired) electrons. The van der Waals surface area contributed by atoms with Gasteiger partial charge in [0.05, 0.1) is 18.2 Å². The van der Waals surface area contributed by atoms with E-state index in [1.54, 1.807) is 36.8 Å². The highest BCUT2D eigenvalue weighted by Crippen LogP contribution is 2.44. The standard InChI is InChI=1S/C27H25ClN2O6/c1-17-13-20(9-10-22(17)28)35-16-25(32)36-15-24(31)30-27(23-8-4-12-34-23)21-7-2-5-18(26(21)29-30)14-19-6-3-11-33-19/h3-4,6,8-14,21,27H,2,5,7,15-16H2,1H3. The summed E-state index contributed by atoms with van der Waals surface area (Å²) in [5.74, 6) is 0.738. The molecule has 3 aromatic rings. The summed E-state index contributed by atoms with van der Waals surface area (Å²) in [7, 11) is 0. The first kappa shape index (κ1) is 23.9. The molecular formula is C27H25ClN2O6. The number of furan rings is 2. The van der Waals surface area contributed by atoms with Gasteiger partial charge in [0.25, 0.3) is 5.91 Å². The van der Waals surface area contributed by atoms with Crippen LogP contribution in [0.4, 0.5) is 0 Å². The van der Waals surface area contributed by atoms with Crippen LogP contribution in [0.2, 0.25) is 5.02 Å². The SMILES string of the molecule is Cc1cc(OCC(=O)OCC(=O)N2N=C3C(=Cc4ccco4)CCCC3C2c2ccco2)ccc1Cl. The minimum Gasteiger partial charge on any atom is -0.482 e. The maximum atomic E-state index is 13.2. The quantitative estimate of drug-likeness (QED) is 0.387. The van der Waals surface area contributed by atoms with Crippen molar-refractivity contribution in [3.8, 4) is 5.75 Å². The van der Waals surface area contributed by atoms with Gasteiger partial charge in [0.2, 0.25) is 0 Å². The van der Waals surface area contributed by atoms with Crippen LogP contribution in [-0.2, 0) is 14.3 Å². The summed E-state index contributed by atoms with van der Waals surface area (Å²) >= 11 is 6.01. The molecule has 1 aliphatic heterocycles. The van der Waals surface area contributed by atoms with Crippen LogP contribution in [0.15, 0.2) is 74.5 Å². The van der Waals surface area contributed by atoms with Crippen LogP contribution in [0.1, 0.15) is 42.4 Å². The fourth-order valence-electron chi connectivity index (χ4n) is 4.59. The summed E-state index contributed by atoms with van der Waals surface area (Å²) in [6.07, 6.45) is 7.81. The van der Waals surface area contributed by atoms with E-state index in [2.05, 4.69) is 0 Å². The van der Waals surface area contributed by atoms with Crippen LogP contribution in [0.25, 0.3) is 6.08 Å². The van der Waals surface area contributed by atoms with Gasteiger partial charge in [-0.1, -0.05) is 11.6 Å². The van der Waals surface area contributed by atoms with E-state index in [-0.39, 0.29) is 12.5 Å². The number of nitrogens with zero attached hydrogens (tertiary/aromatic N) is 2. The monoisotopic (exact) mass is 508 g/mol. The second-order valence-corrected chi connectivity index (χ2v) is 9.14. The molecular weight excluding hydrogens is 484 g/mol. The number of benzene rings is 1. The van der Waals surface area contributed by atoms with Crippen molar-refractivity contribution >= 4 is 35.3 Å². The van der Waals surface area contributed by atoms with Gasteiger partial charge in [0.1, 0.15) is 23.3 Å². The van der Waals surface area contributed by atoms with E-state index in [4.69, 9.17) is 35.0 Å². The third-order valence-corrected chi connectivity index (χ3v) is 6.72. The molecule has 2 atom stereocenters. The highest BCUT2D eigenvalue weighted by molar-refractivity contribution is 6.31. The third kappa shape index (κ3) is 5.09. The van der Waals surface area contributed by atoms with Gasteiger partial charge in [-0.05, 0) is 85.9 Å². The summed E-state index contributed by atoms with van der Waals surface area (Å²) in [6.45, 7) is 1.05. The minimum atomic E-state index is -0.659. The lowest BCUT2D eigenvalue weighted by atomic mass is 9.79. The van der Waals surface area contributed by atoms with Crippen molar-refractivity contribution in [2.45, 2.75) is 32.2 Å². The number of hydrogen-bond donors (Lipinski definition) is 0. The summed E-state index contributed by atoms with van der Waals surface area (Å²) in [6, 6.07) is 12.0. The largest absolute Gasteiger partial charge is 0.482 e. The van der Waals surface area contributed by atoms with Crippen molar-refractivity contribution in [1.29, 1.82) is 0 Å².